The average molecular weight is 377 g/mol. The topological polar surface area (TPSA) is 69.6 Å². The highest BCUT2D eigenvalue weighted by molar-refractivity contribution is 7.98. The third-order valence-corrected chi connectivity index (χ3v) is 5.15. The summed E-state index contributed by atoms with van der Waals surface area (Å²) < 4.78 is 7.78. The SMILES string of the molecule is Cc1ccc(-c2nnc(CSc3nncn3-c3ccc(C)cc3C)o2)cc1. The molecular formula is C20H19N5OS. The first-order valence-electron chi connectivity index (χ1n) is 8.60. The minimum absolute atomic E-state index is 0.529. The Labute approximate surface area is 161 Å². The number of rotatable bonds is 5. The first-order chi connectivity index (χ1) is 13.1. The van der Waals surface area contributed by atoms with Crippen LogP contribution in [0.5, 0.6) is 0 Å². The quantitative estimate of drug-likeness (QED) is 0.476. The Morgan fingerprint density at radius 1 is 0.926 bits per heavy atom. The van der Waals surface area contributed by atoms with E-state index in [0.29, 0.717) is 17.5 Å². The van der Waals surface area contributed by atoms with Gasteiger partial charge >= 0.3 is 0 Å². The van der Waals surface area contributed by atoms with Crippen molar-refractivity contribution in [3.8, 4) is 17.1 Å². The number of aryl methyl sites for hydroxylation is 3. The van der Waals surface area contributed by atoms with Crippen molar-refractivity contribution in [1.82, 2.24) is 25.0 Å². The van der Waals surface area contributed by atoms with Crippen molar-refractivity contribution < 1.29 is 4.42 Å². The number of aromatic nitrogens is 5. The van der Waals surface area contributed by atoms with Crippen molar-refractivity contribution in [2.75, 3.05) is 0 Å². The summed E-state index contributed by atoms with van der Waals surface area (Å²) in [6, 6.07) is 14.3. The van der Waals surface area contributed by atoms with Crippen molar-refractivity contribution in [3.63, 3.8) is 0 Å². The van der Waals surface area contributed by atoms with Gasteiger partial charge in [0.25, 0.3) is 0 Å². The number of nitrogens with zero attached hydrogens (tertiary/aromatic N) is 5. The fourth-order valence-electron chi connectivity index (χ4n) is 2.81. The van der Waals surface area contributed by atoms with E-state index in [1.165, 1.54) is 28.5 Å². The molecule has 2 aromatic carbocycles. The van der Waals surface area contributed by atoms with Crippen LogP contribution in [0.15, 0.2) is 58.4 Å². The fourth-order valence-corrected chi connectivity index (χ4v) is 3.57. The van der Waals surface area contributed by atoms with E-state index >= 15 is 0 Å². The number of thioether (sulfide) groups is 1. The Morgan fingerprint density at radius 2 is 1.70 bits per heavy atom. The smallest absolute Gasteiger partial charge is 0.247 e. The van der Waals surface area contributed by atoms with Crippen LogP contribution in [0.4, 0.5) is 0 Å². The monoisotopic (exact) mass is 377 g/mol. The van der Waals surface area contributed by atoms with E-state index in [2.05, 4.69) is 52.4 Å². The van der Waals surface area contributed by atoms with Gasteiger partial charge in [-0.15, -0.1) is 20.4 Å². The van der Waals surface area contributed by atoms with Gasteiger partial charge < -0.3 is 4.42 Å². The van der Waals surface area contributed by atoms with E-state index in [1.807, 2.05) is 35.8 Å². The summed E-state index contributed by atoms with van der Waals surface area (Å²) in [5, 5.41) is 17.4. The second-order valence-electron chi connectivity index (χ2n) is 6.43. The highest BCUT2D eigenvalue weighted by Gasteiger charge is 2.13. The van der Waals surface area contributed by atoms with Gasteiger partial charge in [0.05, 0.1) is 11.4 Å². The molecule has 4 rings (SSSR count). The minimum Gasteiger partial charge on any atom is -0.420 e. The molecule has 0 N–H and O–H groups in total. The van der Waals surface area contributed by atoms with Crippen molar-refractivity contribution in [2.24, 2.45) is 0 Å². The Hall–Kier alpha value is -2.93. The standard InChI is InChI=1S/C20H19N5OS/c1-13-4-7-16(8-5-13)19-23-22-18(26-19)11-27-20-24-21-12-25(20)17-9-6-14(2)10-15(17)3/h4-10,12H,11H2,1-3H3. The van der Waals surface area contributed by atoms with Gasteiger partial charge in [0, 0.05) is 5.56 Å². The lowest BCUT2D eigenvalue weighted by Crippen LogP contribution is -1.98. The second-order valence-corrected chi connectivity index (χ2v) is 7.37. The number of hydrogen-bond donors (Lipinski definition) is 0. The summed E-state index contributed by atoms with van der Waals surface area (Å²) >= 11 is 1.52. The molecule has 0 bridgehead atoms. The molecule has 2 heterocycles. The summed E-state index contributed by atoms with van der Waals surface area (Å²) in [6.07, 6.45) is 1.73. The van der Waals surface area contributed by atoms with Gasteiger partial charge in [-0.25, -0.2) is 0 Å². The van der Waals surface area contributed by atoms with Gasteiger partial charge in [-0.2, -0.15) is 0 Å². The lowest BCUT2D eigenvalue weighted by Gasteiger charge is -2.09. The summed E-state index contributed by atoms with van der Waals surface area (Å²) in [5.41, 5.74) is 5.59. The van der Waals surface area contributed by atoms with Crippen molar-refractivity contribution in [2.45, 2.75) is 31.7 Å². The van der Waals surface area contributed by atoms with Gasteiger partial charge in [-0.05, 0) is 44.5 Å². The molecule has 0 saturated heterocycles. The van der Waals surface area contributed by atoms with Crippen LogP contribution in [0.2, 0.25) is 0 Å². The maximum absolute atomic E-state index is 5.79. The van der Waals surface area contributed by atoms with E-state index in [1.54, 1.807) is 6.33 Å². The van der Waals surface area contributed by atoms with E-state index in [4.69, 9.17) is 4.42 Å². The van der Waals surface area contributed by atoms with Crippen LogP contribution in [-0.2, 0) is 5.75 Å². The Morgan fingerprint density at radius 3 is 2.48 bits per heavy atom. The molecule has 27 heavy (non-hydrogen) atoms. The Bertz CT molecular complexity index is 1070. The second kappa shape index (κ2) is 7.36. The molecule has 0 amide bonds. The zero-order valence-corrected chi connectivity index (χ0v) is 16.2. The largest absolute Gasteiger partial charge is 0.420 e. The van der Waals surface area contributed by atoms with Gasteiger partial charge in [0.15, 0.2) is 5.16 Å². The van der Waals surface area contributed by atoms with Gasteiger partial charge in [0.2, 0.25) is 11.8 Å². The van der Waals surface area contributed by atoms with Crippen molar-refractivity contribution in [1.29, 1.82) is 0 Å². The Balaban J connectivity index is 1.50. The summed E-state index contributed by atoms with van der Waals surface area (Å²) in [5.74, 6) is 1.62. The van der Waals surface area contributed by atoms with Crippen molar-refractivity contribution in [3.05, 3.63) is 71.4 Å². The average Bonchev–Trinajstić information content (AvgIpc) is 3.30. The van der Waals surface area contributed by atoms with Crippen LogP contribution in [0.25, 0.3) is 17.1 Å². The molecule has 0 saturated carbocycles. The molecule has 0 atom stereocenters. The highest BCUT2D eigenvalue weighted by Crippen LogP contribution is 2.26. The van der Waals surface area contributed by atoms with Crippen LogP contribution in [-0.4, -0.2) is 25.0 Å². The zero-order valence-electron chi connectivity index (χ0n) is 15.4. The number of hydrogen-bond acceptors (Lipinski definition) is 6. The van der Waals surface area contributed by atoms with Crippen LogP contribution >= 0.6 is 11.8 Å². The third kappa shape index (κ3) is 3.78. The minimum atomic E-state index is 0.529. The normalized spacial score (nSPS) is 11.1. The van der Waals surface area contributed by atoms with E-state index < -0.39 is 0 Å². The molecule has 7 heteroatoms. The molecular weight excluding hydrogens is 358 g/mol. The van der Waals surface area contributed by atoms with E-state index in [9.17, 15) is 0 Å². The molecule has 136 valence electrons. The maximum atomic E-state index is 5.79. The van der Waals surface area contributed by atoms with Gasteiger partial charge in [-0.1, -0.05) is 47.2 Å². The molecule has 4 aromatic rings. The van der Waals surface area contributed by atoms with E-state index in [-0.39, 0.29) is 0 Å². The van der Waals surface area contributed by atoms with Gasteiger partial charge in [0.1, 0.15) is 6.33 Å². The van der Waals surface area contributed by atoms with Crippen LogP contribution < -0.4 is 0 Å². The third-order valence-electron chi connectivity index (χ3n) is 4.22. The van der Waals surface area contributed by atoms with Gasteiger partial charge in [-0.3, -0.25) is 4.57 Å². The molecule has 2 aromatic heterocycles. The fraction of sp³-hybridized carbons (Fsp3) is 0.200. The molecule has 0 aliphatic rings. The lowest BCUT2D eigenvalue weighted by atomic mass is 10.1. The number of benzene rings is 2. The summed E-state index contributed by atoms with van der Waals surface area (Å²) in [4.78, 5) is 0. The Kier molecular flexibility index (Phi) is 4.77. The molecule has 0 radical (unpaired) electrons. The summed E-state index contributed by atoms with van der Waals surface area (Å²) in [6.45, 7) is 6.22. The highest BCUT2D eigenvalue weighted by atomic mass is 32.2. The van der Waals surface area contributed by atoms with Crippen LogP contribution in [0.1, 0.15) is 22.6 Å². The van der Waals surface area contributed by atoms with E-state index in [0.717, 1.165) is 16.4 Å². The predicted octanol–water partition coefficient (Wildman–Crippen LogP) is 4.53. The molecule has 0 fully saturated rings. The van der Waals surface area contributed by atoms with Crippen molar-refractivity contribution >= 4 is 11.8 Å². The molecule has 6 nitrogen and oxygen atoms in total. The first kappa shape index (κ1) is 17.5. The molecule has 0 aliphatic heterocycles. The van der Waals surface area contributed by atoms with Crippen LogP contribution in [0.3, 0.4) is 0 Å². The maximum Gasteiger partial charge on any atom is 0.247 e. The molecule has 0 unspecified atom stereocenters. The van der Waals surface area contributed by atoms with Crippen LogP contribution in [0, 0.1) is 20.8 Å². The first-order valence-corrected chi connectivity index (χ1v) is 9.58. The summed E-state index contributed by atoms with van der Waals surface area (Å²) in [7, 11) is 0. The zero-order chi connectivity index (χ0) is 18.8. The molecule has 0 spiro atoms. The lowest BCUT2D eigenvalue weighted by molar-refractivity contribution is 0.528. The predicted molar refractivity (Wildman–Crippen MR) is 105 cm³/mol. The molecule has 0 aliphatic carbocycles.